The number of carbonyl (C=O) groups excluding carboxylic acids is 1. The van der Waals surface area contributed by atoms with E-state index in [0.717, 1.165) is 6.42 Å². The molecule has 0 radical (unpaired) electrons. The Morgan fingerprint density at radius 3 is 2.29 bits per heavy atom. The molecule has 1 atom stereocenters. The SMILES string of the molecule is CCC(C)c1ccc(OC(=O)c2ccc(C#N)cc2)cc1. The van der Waals surface area contributed by atoms with Crippen LogP contribution in [0.2, 0.25) is 0 Å². The van der Waals surface area contributed by atoms with Gasteiger partial charge in [-0.1, -0.05) is 26.0 Å². The van der Waals surface area contributed by atoms with Gasteiger partial charge >= 0.3 is 5.97 Å². The third-order valence-electron chi connectivity index (χ3n) is 3.52. The highest BCUT2D eigenvalue weighted by molar-refractivity contribution is 5.91. The number of carbonyl (C=O) groups is 1. The maximum absolute atomic E-state index is 12.0. The van der Waals surface area contributed by atoms with Crippen molar-refractivity contribution in [3.63, 3.8) is 0 Å². The second kappa shape index (κ2) is 6.71. The number of hydrogen-bond donors (Lipinski definition) is 0. The highest BCUT2D eigenvalue weighted by Gasteiger charge is 2.09. The third-order valence-corrected chi connectivity index (χ3v) is 3.52. The Hall–Kier alpha value is -2.60. The van der Waals surface area contributed by atoms with Gasteiger partial charge in [-0.2, -0.15) is 5.26 Å². The fourth-order valence-corrected chi connectivity index (χ4v) is 1.95. The molecule has 0 N–H and O–H groups in total. The fraction of sp³-hybridized carbons (Fsp3) is 0.222. The highest BCUT2D eigenvalue weighted by Crippen LogP contribution is 2.22. The van der Waals surface area contributed by atoms with E-state index in [2.05, 4.69) is 13.8 Å². The quantitative estimate of drug-likeness (QED) is 0.619. The summed E-state index contributed by atoms with van der Waals surface area (Å²) in [5, 5.41) is 8.73. The third kappa shape index (κ3) is 3.70. The van der Waals surface area contributed by atoms with Crippen LogP contribution in [0, 0.1) is 11.3 Å². The van der Waals surface area contributed by atoms with Crippen LogP contribution in [0.5, 0.6) is 5.75 Å². The molecule has 2 aromatic carbocycles. The molecule has 21 heavy (non-hydrogen) atoms. The molecule has 2 rings (SSSR count). The lowest BCUT2D eigenvalue weighted by Gasteiger charge is -2.10. The normalized spacial score (nSPS) is 11.5. The van der Waals surface area contributed by atoms with E-state index in [-0.39, 0.29) is 0 Å². The fourth-order valence-electron chi connectivity index (χ4n) is 1.95. The molecule has 3 nitrogen and oxygen atoms in total. The van der Waals surface area contributed by atoms with Crippen LogP contribution in [0.1, 0.15) is 47.7 Å². The molecule has 0 spiro atoms. The van der Waals surface area contributed by atoms with Gasteiger partial charge in [0.15, 0.2) is 0 Å². The lowest BCUT2D eigenvalue weighted by molar-refractivity contribution is 0.0734. The summed E-state index contributed by atoms with van der Waals surface area (Å²) in [4.78, 5) is 12.0. The van der Waals surface area contributed by atoms with Crippen molar-refractivity contribution < 1.29 is 9.53 Å². The lowest BCUT2D eigenvalue weighted by atomic mass is 9.99. The summed E-state index contributed by atoms with van der Waals surface area (Å²) in [6.45, 7) is 4.31. The van der Waals surface area contributed by atoms with E-state index in [1.807, 2.05) is 30.3 Å². The Balaban J connectivity index is 2.07. The Bertz CT molecular complexity index is 651. The average Bonchev–Trinajstić information content (AvgIpc) is 2.55. The Labute approximate surface area is 124 Å². The van der Waals surface area contributed by atoms with Crippen molar-refractivity contribution in [1.82, 2.24) is 0 Å². The first-order chi connectivity index (χ1) is 10.1. The van der Waals surface area contributed by atoms with E-state index in [4.69, 9.17) is 10.00 Å². The molecule has 0 saturated heterocycles. The second-order valence-corrected chi connectivity index (χ2v) is 4.96. The molecule has 0 aliphatic carbocycles. The summed E-state index contributed by atoms with van der Waals surface area (Å²) in [6.07, 6.45) is 1.07. The van der Waals surface area contributed by atoms with Gasteiger partial charge in [-0.15, -0.1) is 0 Å². The first-order valence-electron chi connectivity index (χ1n) is 6.96. The van der Waals surface area contributed by atoms with Gasteiger partial charge in [-0.3, -0.25) is 0 Å². The van der Waals surface area contributed by atoms with Crippen molar-refractivity contribution in [1.29, 1.82) is 5.26 Å². The van der Waals surface area contributed by atoms with Gasteiger partial charge in [0.2, 0.25) is 0 Å². The molecule has 0 amide bonds. The molecule has 0 saturated carbocycles. The number of nitrogens with zero attached hydrogens (tertiary/aromatic N) is 1. The number of benzene rings is 2. The Morgan fingerprint density at radius 2 is 1.76 bits per heavy atom. The molecule has 2 aromatic rings. The molecule has 0 bridgehead atoms. The van der Waals surface area contributed by atoms with Crippen LogP contribution in [-0.4, -0.2) is 5.97 Å². The standard InChI is InChI=1S/C18H17NO2/c1-3-13(2)15-8-10-17(11-9-15)21-18(20)16-6-4-14(12-19)5-7-16/h4-11,13H,3H2,1-2H3. The number of rotatable bonds is 4. The molecule has 0 fully saturated rings. The summed E-state index contributed by atoms with van der Waals surface area (Å²) in [6, 6.07) is 16.0. The van der Waals surface area contributed by atoms with E-state index in [1.54, 1.807) is 24.3 Å². The van der Waals surface area contributed by atoms with Gasteiger partial charge in [0.05, 0.1) is 17.2 Å². The van der Waals surface area contributed by atoms with Crippen LogP contribution in [0.15, 0.2) is 48.5 Å². The van der Waals surface area contributed by atoms with Crippen LogP contribution >= 0.6 is 0 Å². The molecule has 3 heteroatoms. The molecule has 0 aliphatic heterocycles. The van der Waals surface area contributed by atoms with Crippen LogP contribution < -0.4 is 4.74 Å². The molecular weight excluding hydrogens is 262 g/mol. The molecule has 0 aliphatic rings. The van der Waals surface area contributed by atoms with E-state index >= 15 is 0 Å². The highest BCUT2D eigenvalue weighted by atomic mass is 16.5. The molecular formula is C18H17NO2. The minimum absolute atomic E-state index is 0.421. The number of hydrogen-bond acceptors (Lipinski definition) is 3. The zero-order chi connectivity index (χ0) is 15.2. The van der Waals surface area contributed by atoms with E-state index in [0.29, 0.717) is 22.8 Å². The van der Waals surface area contributed by atoms with E-state index in [1.165, 1.54) is 5.56 Å². The Kier molecular flexibility index (Phi) is 4.73. The summed E-state index contributed by atoms with van der Waals surface area (Å²) < 4.78 is 5.32. The summed E-state index contributed by atoms with van der Waals surface area (Å²) in [7, 11) is 0. The predicted molar refractivity (Wildman–Crippen MR) is 81.3 cm³/mol. The Morgan fingerprint density at radius 1 is 1.14 bits per heavy atom. The maximum atomic E-state index is 12.0. The predicted octanol–water partition coefficient (Wildman–Crippen LogP) is 4.29. The largest absolute Gasteiger partial charge is 0.423 e. The van der Waals surface area contributed by atoms with Gasteiger partial charge in [0.1, 0.15) is 5.75 Å². The van der Waals surface area contributed by atoms with Crippen LogP contribution in [0.3, 0.4) is 0 Å². The van der Waals surface area contributed by atoms with Crippen LogP contribution in [0.4, 0.5) is 0 Å². The van der Waals surface area contributed by atoms with E-state index in [9.17, 15) is 4.79 Å². The smallest absolute Gasteiger partial charge is 0.343 e. The molecule has 0 aromatic heterocycles. The monoisotopic (exact) mass is 279 g/mol. The first-order valence-corrected chi connectivity index (χ1v) is 6.96. The van der Waals surface area contributed by atoms with Crippen molar-refractivity contribution in [2.24, 2.45) is 0 Å². The van der Waals surface area contributed by atoms with Crippen molar-refractivity contribution in [3.8, 4) is 11.8 Å². The van der Waals surface area contributed by atoms with Crippen molar-refractivity contribution >= 4 is 5.97 Å². The van der Waals surface area contributed by atoms with E-state index < -0.39 is 5.97 Å². The summed E-state index contributed by atoms with van der Waals surface area (Å²) >= 11 is 0. The second-order valence-electron chi connectivity index (χ2n) is 4.96. The number of ether oxygens (including phenoxy) is 1. The van der Waals surface area contributed by atoms with Crippen molar-refractivity contribution in [2.75, 3.05) is 0 Å². The molecule has 106 valence electrons. The van der Waals surface area contributed by atoms with Gasteiger partial charge in [0, 0.05) is 0 Å². The van der Waals surface area contributed by atoms with Crippen molar-refractivity contribution in [2.45, 2.75) is 26.2 Å². The molecule has 1 unspecified atom stereocenters. The summed E-state index contributed by atoms with van der Waals surface area (Å²) in [5.41, 5.74) is 2.18. The number of nitriles is 1. The summed E-state index contributed by atoms with van der Waals surface area (Å²) in [5.74, 6) is 0.598. The first kappa shape index (κ1) is 14.8. The van der Waals surface area contributed by atoms with Gasteiger partial charge < -0.3 is 4.74 Å². The van der Waals surface area contributed by atoms with Gasteiger partial charge in [0.25, 0.3) is 0 Å². The maximum Gasteiger partial charge on any atom is 0.343 e. The van der Waals surface area contributed by atoms with Crippen molar-refractivity contribution in [3.05, 3.63) is 65.2 Å². The zero-order valence-electron chi connectivity index (χ0n) is 12.2. The topological polar surface area (TPSA) is 50.1 Å². The lowest BCUT2D eigenvalue weighted by Crippen LogP contribution is -2.08. The van der Waals surface area contributed by atoms with Crippen LogP contribution in [0.25, 0.3) is 0 Å². The van der Waals surface area contributed by atoms with Gasteiger partial charge in [-0.05, 0) is 54.3 Å². The average molecular weight is 279 g/mol. The molecule has 0 heterocycles. The van der Waals surface area contributed by atoms with Gasteiger partial charge in [-0.25, -0.2) is 4.79 Å². The minimum Gasteiger partial charge on any atom is -0.423 e. The van der Waals surface area contributed by atoms with Crippen LogP contribution in [-0.2, 0) is 0 Å². The minimum atomic E-state index is -0.421. The number of esters is 1. The zero-order valence-corrected chi connectivity index (χ0v) is 12.2.